The lowest BCUT2D eigenvalue weighted by Crippen LogP contribution is -2.02. The summed E-state index contributed by atoms with van der Waals surface area (Å²) in [5.41, 5.74) is 4.15. The Kier molecular flexibility index (Phi) is 10.2. The maximum Gasteiger partial charge on any atom is 0.282 e. The highest BCUT2D eigenvalue weighted by atomic mass is 35.5. The van der Waals surface area contributed by atoms with Crippen molar-refractivity contribution in [3.63, 3.8) is 0 Å². The van der Waals surface area contributed by atoms with E-state index >= 15 is 0 Å². The van der Waals surface area contributed by atoms with E-state index in [1.54, 1.807) is 13.2 Å². The van der Waals surface area contributed by atoms with Gasteiger partial charge in [0.1, 0.15) is 5.69 Å². The number of anilines is 1. The van der Waals surface area contributed by atoms with Gasteiger partial charge in [0.2, 0.25) is 0 Å². The predicted octanol–water partition coefficient (Wildman–Crippen LogP) is 8.45. The van der Waals surface area contributed by atoms with Crippen LogP contribution in [0.4, 0.5) is 14.5 Å². The van der Waals surface area contributed by atoms with Gasteiger partial charge in [0.05, 0.1) is 0 Å². The van der Waals surface area contributed by atoms with Crippen LogP contribution in [0, 0.1) is 0 Å². The fourth-order valence-corrected chi connectivity index (χ4v) is 4.30. The maximum absolute atomic E-state index is 13.0. The van der Waals surface area contributed by atoms with Crippen LogP contribution in [0.1, 0.15) is 69.0 Å². The van der Waals surface area contributed by atoms with Crippen LogP contribution in [0.15, 0.2) is 54.7 Å². The summed E-state index contributed by atoms with van der Waals surface area (Å²) in [6.45, 7) is 0.961. The van der Waals surface area contributed by atoms with Crippen LogP contribution in [0.25, 0.3) is 11.1 Å². The molecule has 0 amide bonds. The minimum absolute atomic E-state index is 0.0538. The molecule has 0 unspecified atom stereocenters. The molecule has 3 nitrogen and oxygen atoms in total. The predicted molar refractivity (Wildman–Crippen MR) is 134 cm³/mol. The van der Waals surface area contributed by atoms with E-state index in [-0.39, 0.29) is 5.69 Å². The van der Waals surface area contributed by atoms with Gasteiger partial charge in [-0.05, 0) is 48.6 Å². The van der Waals surface area contributed by atoms with E-state index < -0.39 is 6.43 Å². The maximum atomic E-state index is 13.0. The Bertz CT molecular complexity index is 970. The second kappa shape index (κ2) is 13.3. The van der Waals surface area contributed by atoms with Crippen LogP contribution in [-0.4, -0.2) is 16.3 Å². The van der Waals surface area contributed by atoms with Gasteiger partial charge in [-0.2, -0.15) is 5.10 Å². The summed E-state index contributed by atoms with van der Waals surface area (Å²) in [4.78, 5) is 0. The molecule has 3 rings (SSSR count). The van der Waals surface area contributed by atoms with Crippen molar-refractivity contribution >= 4 is 17.3 Å². The molecule has 1 N–H and O–H groups in total. The second-order valence-corrected chi connectivity index (χ2v) is 9.01. The highest BCUT2D eigenvalue weighted by Gasteiger charge is 2.16. The molecule has 6 heteroatoms. The number of nitrogens with one attached hydrogen (secondary N) is 1. The Labute approximate surface area is 201 Å². The van der Waals surface area contributed by atoms with Crippen LogP contribution in [0.3, 0.4) is 0 Å². The Hall–Kier alpha value is -2.40. The van der Waals surface area contributed by atoms with Gasteiger partial charge < -0.3 is 5.32 Å². The first-order valence-electron chi connectivity index (χ1n) is 11.9. The lowest BCUT2D eigenvalue weighted by atomic mass is 10.0. The number of nitrogens with zero attached hydrogens (tertiary/aromatic N) is 2. The summed E-state index contributed by atoms with van der Waals surface area (Å²) in [5.74, 6) is 0. The number of benzene rings is 2. The first-order chi connectivity index (χ1) is 16.0. The lowest BCUT2D eigenvalue weighted by Gasteiger charge is -2.12. The molecular formula is C27H34ClF2N3. The summed E-state index contributed by atoms with van der Waals surface area (Å²) in [7, 11) is 1.70. The van der Waals surface area contributed by atoms with Crippen molar-refractivity contribution in [1.82, 2.24) is 9.78 Å². The van der Waals surface area contributed by atoms with Crippen molar-refractivity contribution in [3.8, 4) is 11.1 Å². The van der Waals surface area contributed by atoms with Crippen LogP contribution >= 0.6 is 11.6 Å². The van der Waals surface area contributed by atoms with E-state index in [9.17, 15) is 8.78 Å². The van der Waals surface area contributed by atoms with E-state index in [4.69, 9.17) is 11.6 Å². The van der Waals surface area contributed by atoms with E-state index in [0.717, 1.165) is 48.5 Å². The van der Waals surface area contributed by atoms with E-state index in [1.807, 2.05) is 12.1 Å². The molecule has 1 heterocycles. The molecule has 0 aliphatic carbocycles. The van der Waals surface area contributed by atoms with Crippen molar-refractivity contribution < 1.29 is 8.78 Å². The molecule has 3 aromatic rings. The molecule has 0 aliphatic rings. The topological polar surface area (TPSA) is 29.9 Å². The van der Waals surface area contributed by atoms with Gasteiger partial charge in [-0.3, -0.25) is 4.68 Å². The molecule has 0 aliphatic heterocycles. The zero-order valence-electron chi connectivity index (χ0n) is 19.4. The molecule has 33 heavy (non-hydrogen) atoms. The smallest absolute Gasteiger partial charge is 0.282 e. The SMILES string of the molecule is Cn1cc(CCCCCCCCCCNc2ccccc2-c2ccc(Cl)cc2)c(C(F)F)n1. The zero-order valence-corrected chi connectivity index (χ0v) is 20.1. The van der Waals surface area contributed by atoms with Gasteiger partial charge in [0.25, 0.3) is 6.43 Å². The van der Waals surface area contributed by atoms with Crippen LogP contribution in [0.2, 0.25) is 5.02 Å². The number of hydrogen-bond acceptors (Lipinski definition) is 2. The van der Waals surface area contributed by atoms with Crippen molar-refractivity contribution in [2.75, 3.05) is 11.9 Å². The summed E-state index contributed by atoms with van der Waals surface area (Å²) in [6, 6.07) is 16.3. The molecule has 0 saturated heterocycles. The second-order valence-electron chi connectivity index (χ2n) is 8.57. The van der Waals surface area contributed by atoms with Crippen LogP contribution < -0.4 is 5.32 Å². The minimum Gasteiger partial charge on any atom is -0.385 e. The standard InChI is InChI=1S/C27H34ClF2N3/c1-33-20-22(26(32-33)27(29)30)12-8-6-4-2-3-5-7-11-19-31-25-14-10-9-13-24(25)21-15-17-23(28)18-16-21/h9-10,13-18,20,27,31H,2-8,11-12,19H2,1H3. The van der Waals surface area contributed by atoms with Crippen molar-refractivity contribution in [2.24, 2.45) is 7.05 Å². The largest absolute Gasteiger partial charge is 0.385 e. The van der Waals surface area contributed by atoms with Gasteiger partial charge in [0.15, 0.2) is 0 Å². The molecule has 0 fully saturated rings. The monoisotopic (exact) mass is 473 g/mol. The number of aryl methyl sites for hydroxylation is 2. The van der Waals surface area contributed by atoms with Gasteiger partial charge >= 0.3 is 0 Å². The summed E-state index contributed by atoms with van der Waals surface area (Å²) in [6.07, 6.45) is 9.16. The molecule has 0 bridgehead atoms. The number of aromatic nitrogens is 2. The normalized spacial score (nSPS) is 11.3. The van der Waals surface area contributed by atoms with E-state index in [1.165, 1.54) is 35.9 Å². The van der Waals surface area contributed by atoms with Crippen LogP contribution in [0.5, 0.6) is 0 Å². The third kappa shape index (κ3) is 8.15. The molecular weight excluding hydrogens is 440 g/mol. The van der Waals surface area contributed by atoms with Gasteiger partial charge in [-0.1, -0.05) is 80.5 Å². The quantitative estimate of drug-likeness (QED) is 0.238. The Morgan fingerprint density at radius 1 is 0.879 bits per heavy atom. The third-order valence-electron chi connectivity index (χ3n) is 5.91. The number of alkyl halides is 2. The molecule has 2 aromatic carbocycles. The van der Waals surface area contributed by atoms with Crippen LogP contribution in [-0.2, 0) is 13.5 Å². The van der Waals surface area contributed by atoms with Crippen molar-refractivity contribution in [2.45, 2.75) is 64.2 Å². The van der Waals surface area contributed by atoms with E-state index in [0.29, 0.717) is 12.0 Å². The van der Waals surface area contributed by atoms with Gasteiger partial charge in [-0.25, -0.2) is 8.78 Å². The summed E-state index contributed by atoms with van der Waals surface area (Å²) in [5, 5.41) is 8.20. The average molecular weight is 474 g/mol. The molecule has 178 valence electrons. The fraction of sp³-hybridized carbons (Fsp3) is 0.444. The molecule has 1 aromatic heterocycles. The zero-order chi connectivity index (χ0) is 23.5. The summed E-state index contributed by atoms with van der Waals surface area (Å²) >= 11 is 6.02. The number of halogens is 3. The fourth-order valence-electron chi connectivity index (χ4n) is 4.17. The van der Waals surface area contributed by atoms with Crippen molar-refractivity contribution in [3.05, 3.63) is 71.0 Å². The minimum atomic E-state index is -2.48. The first kappa shape index (κ1) is 25.2. The Balaban J connectivity index is 1.25. The van der Waals surface area contributed by atoms with E-state index in [2.05, 4.69) is 46.8 Å². The Morgan fingerprint density at radius 2 is 1.52 bits per heavy atom. The average Bonchev–Trinajstić information content (AvgIpc) is 3.19. The molecule has 0 spiro atoms. The first-order valence-corrected chi connectivity index (χ1v) is 12.3. The summed E-state index contributed by atoms with van der Waals surface area (Å²) < 4.78 is 27.4. The van der Waals surface area contributed by atoms with Gasteiger partial charge in [0, 0.05) is 36.1 Å². The lowest BCUT2D eigenvalue weighted by molar-refractivity contribution is 0.144. The number of rotatable bonds is 14. The Morgan fingerprint density at radius 3 is 2.21 bits per heavy atom. The highest BCUT2D eigenvalue weighted by Crippen LogP contribution is 2.29. The number of para-hydroxylation sites is 1. The number of hydrogen-bond donors (Lipinski definition) is 1. The highest BCUT2D eigenvalue weighted by molar-refractivity contribution is 6.30. The molecule has 0 saturated carbocycles. The molecule has 0 radical (unpaired) electrons. The van der Waals surface area contributed by atoms with Crippen molar-refractivity contribution in [1.29, 1.82) is 0 Å². The van der Waals surface area contributed by atoms with Gasteiger partial charge in [-0.15, -0.1) is 0 Å². The third-order valence-corrected chi connectivity index (χ3v) is 6.17. The molecule has 0 atom stereocenters. The number of unbranched alkanes of at least 4 members (excludes halogenated alkanes) is 7.